The number of nitrogens with zero attached hydrogens (tertiary/aromatic N) is 1. The van der Waals surface area contributed by atoms with Gasteiger partial charge >= 0.3 is 0 Å². The van der Waals surface area contributed by atoms with Gasteiger partial charge in [-0.1, -0.05) is 0 Å². The molecule has 2 atom stereocenters. The number of aromatic hydroxyl groups is 1. The van der Waals surface area contributed by atoms with Crippen LogP contribution in [0.5, 0.6) is 11.5 Å². The highest BCUT2D eigenvalue weighted by molar-refractivity contribution is 7.07. The lowest BCUT2D eigenvalue weighted by Crippen LogP contribution is -2.50. The molecule has 0 spiro atoms. The highest BCUT2D eigenvalue weighted by Gasteiger charge is 2.29. The Morgan fingerprint density at radius 3 is 3.12 bits per heavy atom. The van der Waals surface area contributed by atoms with Gasteiger partial charge in [0.15, 0.2) is 0 Å². The molecule has 0 radical (unpaired) electrons. The van der Waals surface area contributed by atoms with E-state index in [9.17, 15) is 9.90 Å². The summed E-state index contributed by atoms with van der Waals surface area (Å²) in [6, 6.07) is 4.39. The Bertz CT molecular complexity index is 707. The molecule has 2 heterocycles. The zero-order valence-electron chi connectivity index (χ0n) is 13.8. The zero-order valence-corrected chi connectivity index (χ0v) is 14.6. The maximum absolute atomic E-state index is 12.5. The number of ether oxygens (including phenoxy) is 3. The van der Waals surface area contributed by atoms with Gasteiger partial charge in [-0.25, -0.2) is 4.98 Å². The van der Waals surface area contributed by atoms with Gasteiger partial charge in [0.25, 0.3) is 5.91 Å². The number of aromatic nitrogens is 1. The first kappa shape index (κ1) is 17.7. The summed E-state index contributed by atoms with van der Waals surface area (Å²) in [5.74, 6) is 0.0164. The minimum Gasteiger partial charge on any atom is -0.507 e. The summed E-state index contributed by atoms with van der Waals surface area (Å²) in [4.78, 5) is 16.7. The summed E-state index contributed by atoms with van der Waals surface area (Å²) in [5, 5.41) is 14.9. The maximum Gasteiger partial charge on any atom is 0.255 e. The van der Waals surface area contributed by atoms with E-state index in [4.69, 9.17) is 14.2 Å². The molecule has 0 aliphatic carbocycles. The van der Waals surface area contributed by atoms with Crippen LogP contribution in [0.2, 0.25) is 0 Å². The first-order chi connectivity index (χ1) is 12.2. The number of phenolic OH excluding ortho intramolecular Hbond substituents is 1. The quantitative estimate of drug-likeness (QED) is 0.814. The molecular weight excluding hydrogens is 344 g/mol. The van der Waals surface area contributed by atoms with Gasteiger partial charge in [-0.15, -0.1) is 11.3 Å². The summed E-state index contributed by atoms with van der Waals surface area (Å²) in [6.45, 7) is 1.33. The molecule has 0 saturated carbocycles. The van der Waals surface area contributed by atoms with Crippen LogP contribution in [0.25, 0.3) is 0 Å². The fourth-order valence-corrected chi connectivity index (χ4v) is 3.16. The van der Waals surface area contributed by atoms with Crippen LogP contribution in [0.15, 0.2) is 29.1 Å². The first-order valence-electron chi connectivity index (χ1n) is 7.91. The predicted molar refractivity (Wildman–Crippen MR) is 92.0 cm³/mol. The molecule has 1 fully saturated rings. The van der Waals surface area contributed by atoms with Crippen molar-refractivity contribution in [3.63, 3.8) is 0 Å². The Labute approximate surface area is 149 Å². The number of amides is 1. The number of nitrogens with one attached hydrogen (secondary N) is 1. The van der Waals surface area contributed by atoms with E-state index in [1.54, 1.807) is 11.6 Å². The topological polar surface area (TPSA) is 89.9 Å². The molecular formula is C17H20N2O5S. The molecule has 1 saturated heterocycles. The van der Waals surface area contributed by atoms with Gasteiger partial charge in [0.2, 0.25) is 0 Å². The van der Waals surface area contributed by atoms with E-state index < -0.39 is 0 Å². The van der Waals surface area contributed by atoms with Gasteiger partial charge in [-0.05, 0) is 18.6 Å². The monoisotopic (exact) mass is 364 g/mol. The SMILES string of the molecule is COc1ccc(C(=O)N[C@@H]2CCOC[C@H]2OCc2cscn2)c(O)c1. The lowest BCUT2D eigenvalue weighted by atomic mass is 10.0. The normalized spacial score (nSPS) is 20.2. The van der Waals surface area contributed by atoms with Crippen molar-refractivity contribution in [2.45, 2.75) is 25.2 Å². The maximum atomic E-state index is 12.5. The minimum atomic E-state index is -0.352. The molecule has 1 aliphatic heterocycles. The van der Waals surface area contributed by atoms with E-state index in [2.05, 4.69) is 10.3 Å². The second-order valence-electron chi connectivity index (χ2n) is 5.66. The van der Waals surface area contributed by atoms with Gasteiger partial charge < -0.3 is 24.6 Å². The second kappa shape index (κ2) is 8.28. The number of benzene rings is 1. The number of rotatable bonds is 6. The molecule has 25 heavy (non-hydrogen) atoms. The van der Waals surface area contributed by atoms with E-state index >= 15 is 0 Å². The van der Waals surface area contributed by atoms with Crippen molar-refractivity contribution in [2.24, 2.45) is 0 Å². The van der Waals surface area contributed by atoms with Gasteiger partial charge in [0, 0.05) is 18.1 Å². The summed E-state index contributed by atoms with van der Waals surface area (Å²) in [6.07, 6.45) is 0.379. The van der Waals surface area contributed by atoms with E-state index in [0.29, 0.717) is 32.0 Å². The third-order valence-corrected chi connectivity index (χ3v) is 4.63. The average molecular weight is 364 g/mol. The average Bonchev–Trinajstić information content (AvgIpc) is 3.14. The third-order valence-electron chi connectivity index (χ3n) is 4.00. The van der Waals surface area contributed by atoms with Crippen molar-refractivity contribution in [2.75, 3.05) is 20.3 Å². The lowest BCUT2D eigenvalue weighted by Gasteiger charge is -2.32. The number of carbonyl (C=O) groups is 1. The van der Waals surface area contributed by atoms with Gasteiger partial charge in [0.05, 0.1) is 43.1 Å². The molecule has 1 aliphatic rings. The molecule has 2 aromatic rings. The fraction of sp³-hybridized carbons (Fsp3) is 0.412. The van der Waals surface area contributed by atoms with Crippen LogP contribution in [0.1, 0.15) is 22.5 Å². The van der Waals surface area contributed by atoms with Crippen LogP contribution < -0.4 is 10.1 Å². The van der Waals surface area contributed by atoms with Crippen LogP contribution in [0, 0.1) is 0 Å². The molecule has 0 bridgehead atoms. The summed E-state index contributed by atoms with van der Waals surface area (Å²) < 4.78 is 16.4. The molecule has 8 heteroatoms. The number of thiazole rings is 1. The molecule has 0 unspecified atom stereocenters. The van der Waals surface area contributed by atoms with Crippen molar-refractivity contribution in [1.29, 1.82) is 0 Å². The van der Waals surface area contributed by atoms with E-state index in [1.807, 2.05) is 5.38 Å². The third kappa shape index (κ3) is 4.47. The summed E-state index contributed by atoms with van der Waals surface area (Å²) in [5.41, 5.74) is 2.81. The van der Waals surface area contributed by atoms with Crippen molar-refractivity contribution in [1.82, 2.24) is 10.3 Å². The van der Waals surface area contributed by atoms with Crippen molar-refractivity contribution >= 4 is 17.2 Å². The van der Waals surface area contributed by atoms with Gasteiger partial charge in [-0.3, -0.25) is 4.79 Å². The standard InChI is InChI=1S/C17H20N2O5S/c1-22-12-2-3-13(15(20)6-12)17(21)19-14-4-5-23-8-16(14)24-7-11-9-25-10-18-11/h2-3,6,9-10,14,16,20H,4-5,7-8H2,1H3,(H,19,21)/t14-,16-/m1/s1. The summed E-state index contributed by atoms with van der Waals surface area (Å²) >= 11 is 1.51. The Hall–Kier alpha value is -2.16. The lowest BCUT2D eigenvalue weighted by molar-refractivity contribution is -0.0742. The van der Waals surface area contributed by atoms with Gasteiger partial charge in [-0.2, -0.15) is 0 Å². The van der Waals surface area contributed by atoms with Gasteiger partial charge in [0.1, 0.15) is 17.6 Å². The fourth-order valence-electron chi connectivity index (χ4n) is 2.62. The largest absolute Gasteiger partial charge is 0.507 e. The summed E-state index contributed by atoms with van der Waals surface area (Å²) in [7, 11) is 1.50. The van der Waals surface area contributed by atoms with Crippen LogP contribution >= 0.6 is 11.3 Å². The first-order valence-corrected chi connectivity index (χ1v) is 8.86. The van der Waals surface area contributed by atoms with E-state index in [1.165, 1.54) is 30.6 Å². The number of carbonyl (C=O) groups excluding carboxylic acids is 1. The highest BCUT2D eigenvalue weighted by atomic mass is 32.1. The zero-order chi connectivity index (χ0) is 17.6. The molecule has 7 nitrogen and oxygen atoms in total. The molecule has 1 aromatic heterocycles. The number of methoxy groups -OCH3 is 1. The number of hydrogen-bond donors (Lipinski definition) is 2. The van der Waals surface area contributed by atoms with Crippen LogP contribution in [0.3, 0.4) is 0 Å². The van der Waals surface area contributed by atoms with Crippen LogP contribution in [-0.2, 0) is 16.1 Å². The molecule has 1 aromatic carbocycles. The Morgan fingerprint density at radius 1 is 1.52 bits per heavy atom. The van der Waals surface area contributed by atoms with Crippen LogP contribution in [0.4, 0.5) is 0 Å². The van der Waals surface area contributed by atoms with E-state index in [-0.39, 0.29) is 29.4 Å². The number of hydrogen-bond acceptors (Lipinski definition) is 7. The van der Waals surface area contributed by atoms with Crippen molar-refractivity contribution in [3.05, 3.63) is 40.3 Å². The predicted octanol–water partition coefficient (Wildman–Crippen LogP) is 1.96. The Morgan fingerprint density at radius 2 is 2.40 bits per heavy atom. The Balaban J connectivity index is 1.63. The highest BCUT2D eigenvalue weighted by Crippen LogP contribution is 2.24. The Kier molecular flexibility index (Phi) is 5.85. The number of phenols is 1. The van der Waals surface area contributed by atoms with Crippen molar-refractivity contribution < 1.29 is 24.1 Å². The minimum absolute atomic E-state index is 0.121. The smallest absolute Gasteiger partial charge is 0.255 e. The molecule has 3 rings (SSSR count). The molecule has 1 amide bonds. The molecule has 134 valence electrons. The van der Waals surface area contributed by atoms with Crippen LogP contribution in [-0.4, -0.2) is 48.5 Å². The van der Waals surface area contributed by atoms with E-state index in [0.717, 1.165) is 5.69 Å². The molecule has 2 N–H and O–H groups in total. The second-order valence-corrected chi connectivity index (χ2v) is 6.37. The van der Waals surface area contributed by atoms with Crippen molar-refractivity contribution in [3.8, 4) is 11.5 Å².